The fourth-order valence-corrected chi connectivity index (χ4v) is 4.10. The van der Waals surface area contributed by atoms with Gasteiger partial charge < -0.3 is 10.1 Å². The normalized spacial score (nSPS) is 12.8. The summed E-state index contributed by atoms with van der Waals surface area (Å²) in [6, 6.07) is 15.9. The monoisotopic (exact) mass is 494 g/mol. The zero-order chi connectivity index (χ0) is 24.9. The Labute approximate surface area is 194 Å². The van der Waals surface area contributed by atoms with Crippen molar-refractivity contribution in [3.05, 3.63) is 72.3 Å². The summed E-state index contributed by atoms with van der Waals surface area (Å²) >= 11 is 0. The van der Waals surface area contributed by atoms with Gasteiger partial charge in [-0.25, -0.2) is 13.1 Å². The van der Waals surface area contributed by atoms with E-state index >= 15 is 0 Å². The summed E-state index contributed by atoms with van der Waals surface area (Å²) in [7, 11) is -3.88. The molecule has 0 spiro atoms. The Bertz CT molecular complexity index is 1310. The number of carbonyl (C=O) groups is 2. The Morgan fingerprint density at radius 2 is 1.68 bits per heavy atom. The fourth-order valence-electron chi connectivity index (χ4n) is 3.03. The minimum Gasteiger partial charge on any atom is -0.452 e. The highest BCUT2D eigenvalue weighted by Gasteiger charge is 2.30. The molecule has 0 aliphatic carbocycles. The van der Waals surface area contributed by atoms with Crippen LogP contribution >= 0.6 is 0 Å². The van der Waals surface area contributed by atoms with E-state index in [9.17, 15) is 31.2 Å². The highest BCUT2D eigenvalue weighted by molar-refractivity contribution is 7.89. The lowest BCUT2D eigenvalue weighted by atomic mass is 10.1. The van der Waals surface area contributed by atoms with Crippen molar-refractivity contribution < 1.29 is 35.9 Å². The molecular formula is C23H21F3N2O5S. The summed E-state index contributed by atoms with van der Waals surface area (Å²) in [4.78, 5) is 24.2. The van der Waals surface area contributed by atoms with Gasteiger partial charge in [0.15, 0.2) is 6.10 Å². The van der Waals surface area contributed by atoms with Gasteiger partial charge in [0.1, 0.15) is 0 Å². The molecule has 180 valence electrons. The summed E-state index contributed by atoms with van der Waals surface area (Å²) in [5.74, 6) is -1.68. The van der Waals surface area contributed by atoms with Gasteiger partial charge in [0.2, 0.25) is 10.0 Å². The smallest absolute Gasteiger partial charge is 0.416 e. The van der Waals surface area contributed by atoms with Crippen LogP contribution in [0.5, 0.6) is 0 Å². The van der Waals surface area contributed by atoms with Crippen LogP contribution in [0.4, 0.5) is 18.9 Å². The van der Waals surface area contributed by atoms with Crippen molar-refractivity contribution in [2.75, 3.05) is 11.9 Å². The lowest BCUT2D eigenvalue weighted by Crippen LogP contribution is -2.32. The van der Waals surface area contributed by atoms with Crippen LogP contribution < -0.4 is 10.0 Å². The molecule has 0 saturated heterocycles. The average molecular weight is 494 g/mol. The van der Waals surface area contributed by atoms with E-state index < -0.39 is 39.7 Å². The largest absolute Gasteiger partial charge is 0.452 e. The number of sulfonamides is 1. The van der Waals surface area contributed by atoms with Gasteiger partial charge in [0.25, 0.3) is 5.91 Å². The third-order valence-electron chi connectivity index (χ3n) is 4.79. The van der Waals surface area contributed by atoms with E-state index in [0.717, 1.165) is 29.0 Å². The van der Waals surface area contributed by atoms with E-state index in [1.807, 2.05) is 12.1 Å². The van der Waals surface area contributed by atoms with E-state index in [4.69, 9.17) is 4.74 Å². The minimum atomic E-state index is -4.57. The van der Waals surface area contributed by atoms with Crippen LogP contribution in [0.1, 0.15) is 18.9 Å². The van der Waals surface area contributed by atoms with Crippen LogP contribution in [0.15, 0.2) is 71.6 Å². The molecule has 0 aromatic heterocycles. The molecule has 3 aromatic carbocycles. The van der Waals surface area contributed by atoms with Crippen molar-refractivity contribution in [2.45, 2.75) is 30.5 Å². The molecule has 1 atom stereocenters. The molecule has 0 radical (unpaired) electrons. The van der Waals surface area contributed by atoms with Gasteiger partial charge in [0, 0.05) is 12.2 Å². The second-order valence-electron chi connectivity index (χ2n) is 7.36. The van der Waals surface area contributed by atoms with Gasteiger partial charge in [-0.1, -0.05) is 36.4 Å². The molecule has 0 unspecified atom stereocenters. The topological polar surface area (TPSA) is 102 Å². The second-order valence-corrected chi connectivity index (χ2v) is 9.12. The molecule has 11 heteroatoms. The number of amides is 1. The molecule has 34 heavy (non-hydrogen) atoms. The zero-order valence-electron chi connectivity index (χ0n) is 17.9. The standard InChI is InChI=1S/C23H21F3N2O5S/c1-15(22(30)28-19-8-4-7-18(14-19)23(24,25)26)33-21(29)11-12-27-34(31,32)20-10-9-16-5-2-3-6-17(16)13-20/h2-10,13-15,27H,11-12H2,1H3,(H,28,30)/t15-/m1/s1. The van der Waals surface area contributed by atoms with Crippen molar-refractivity contribution in [3.8, 4) is 0 Å². The van der Waals surface area contributed by atoms with Gasteiger partial charge in [0.05, 0.1) is 16.9 Å². The fraction of sp³-hybridized carbons (Fsp3) is 0.217. The van der Waals surface area contributed by atoms with E-state index in [0.29, 0.717) is 0 Å². The van der Waals surface area contributed by atoms with Crippen LogP contribution in [0.3, 0.4) is 0 Å². The molecule has 0 saturated carbocycles. The molecule has 0 aliphatic heterocycles. The maximum absolute atomic E-state index is 12.8. The first-order valence-electron chi connectivity index (χ1n) is 10.1. The molecule has 1 amide bonds. The number of benzene rings is 3. The number of rotatable bonds is 8. The molecule has 0 aliphatic rings. The molecule has 7 nitrogen and oxygen atoms in total. The summed E-state index contributed by atoms with van der Waals surface area (Å²) in [6.07, 6.45) is -6.23. The minimum absolute atomic E-state index is 0.0356. The number of halogens is 3. The van der Waals surface area contributed by atoms with Crippen LogP contribution in [0.2, 0.25) is 0 Å². The lowest BCUT2D eigenvalue weighted by molar-refractivity contribution is -0.152. The molecule has 3 rings (SSSR count). The summed E-state index contributed by atoms with van der Waals surface area (Å²) < 4.78 is 70.6. The van der Waals surface area contributed by atoms with Gasteiger partial charge in [-0.3, -0.25) is 9.59 Å². The first-order chi connectivity index (χ1) is 16.0. The average Bonchev–Trinajstić information content (AvgIpc) is 2.78. The van der Waals surface area contributed by atoms with Crippen molar-refractivity contribution >= 4 is 38.4 Å². The van der Waals surface area contributed by atoms with Crippen molar-refractivity contribution in [3.63, 3.8) is 0 Å². The number of fused-ring (bicyclic) bond motifs is 1. The molecular weight excluding hydrogens is 473 g/mol. The molecule has 3 aromatic rings. The number of ether oxygens (including phenoxy) is 1. The van der Waals surface area contributed by atoms with Gasteiger partial charge in [-0.05, 0) is 48.0 Å². The van der Waals surface area contributed by atoms with Gasteiger partial charge in [-0.15, -0.1) is 0 Å². The van der Waals surface area contributed by atoms with E-state index in [1.54, 1.807) is 18.2 Å². The lowest BCUT2D eigenvalue weighted by Gasteiger charge is -2.15. The van der Waals surface area contributed by atoms with Gasteiger partial charge in [-0.2, -0.15) is 13.2 Å². The Balaban J connectivity index is 1.50. The van der Waals surface area contributed by atoms with Crippen molar-refractivity contribution in [2.24, 2.45) is 0 Å². The van der Waals surface area contributed by atoms with Crippen LogP contribution in [0, 0.1) is 0 Å². The maximum atomic E-state index is 12.8. The maximum Gasteiger partial charge on any atom is 0.416 e. The highest BCUT2D eigenvalue weighted by Crippen LogP contribution is 2.30. The Morgan fingerprint density at radius 3 is 2.38 bits per heavy atom. The van der Waals surface area contributed by atoms with E-state index in [2.05, 4.69) is 10.0 Å². The number of hydrogen-bond acceptors (Lipinski definition) is 5. The number of carbonyl (C=O) groups excluding carboxylic acids is 2. The Morgan fingerprint density at radius 1 is 0.971 bits per heavy atom. The second kappa shape index (κ2) is 10.2. The van der Waals surface area contributed by atoms with E-state index in [-0.39, 0.29) is 23.5 Å². The molecule has 2 N–H and O–H groups in total. The van der Waals surface area contributed by atoms with E-state index in [1.165, 1.54) is 25.1 Å². The number of hydrogen-bond donors (Lipinski definition) is 2. The highest BCUT2D eigenvalue weighted by atomic mass is 32.2. The van der Waals surface area contributed by atoms with Crippen molar-refractivity contribution in [1.29, 1.82) is 0 Å². The predicted octanol–water partition coefficient (Wildman–Crippen LogP) is 4.10. The third-order valence-corrected chi connectivity index (χ3v) is 6.25. The molecule has 0 bridgehead atoms. The summed E-state index contributed by atoms with van der Waals surface area (Å²) in [5, 5.41) is 3.87. The number of alkyl halides is 3. The number of nitrogens with one attached hydrogen (secondary N) is 2. The van der Waals surface area contributed by atoms with Crippen molar-refractivity contribution in [1.82, 2.24) is 4.72 Å². The van der Waals surface area contributed by atoms with Crippen LogP contribution in [0.25, 0.3) is 10.8 Å². The third kappa shape index (κ3) is 6.55. The van der Waals surface area contributed by atoms with Gasteiger partial charge >= 0.3 is 12.1 Å². The van der Waals surface area contributed by atoms with Crippen LogP contribution in [-0.2, 0) is 30.5 Å². The molecule has 0 fully saturated rings. The SMILES string of the molecule is C[C@@H](OC(=O)CCNS(=O)(=O)c1ccc2ccccc2c1)C(=O)Nc1cccc(C(F)(F)F)c1. The molecule has 0 heterocycles. The predicted molar refractivity (Wildman–Crippen MR) is 119 cm³/mol. The first kappa shape index (κ1) is 25.2. The van der Waals surface area contributed by atoms with Crippen LogP contribution in [-0.4, -0.2) is 32.9 Å². The Hall–Kier alpha value is -3.44. The quantitative estimate of drug-likeness (QED) is 0.459. The summed E-state index contributed by atoms with van der Waals surface area (Å²) in [6.45, 7) is 0.982. The zero-order valence-corrected chi connectivity index (χ0v) is 18.7. The Kier molecular flexibility index (Phi) is 7.57. The number of esters is 1. The first-order valence-corrected chi connectivity index (χ1v) is 11.6. The summed E-state index contributed by atoms with van der Waals surface area (Å²) in [5.41, 5.74) is -1.04. The number of anilines is 1.